The smallest absolute Gasteiger partial charge is 0.211 e. The van der Waals surface area contributed by atoms with Crippen LogP contribution in [0.2, 0.25) is 0 Å². The third-order valence-electron chi connectivity index (χ3n) is 4.41. The molecule has 2 aliphatic heterocycles. The van der Waals surface area contributed by atoms with Gasteiger partial charge in [0.2, 0.25) is 10.0 Å². The number of ether oxygens (including phenoxy) is 1. The van der Waals surface area contributed by atoms with Crippen molar-refractivity contribution in [1.29, 1.82) is 0 Å². The lowest BCUT2D eigenvalue weighted by Crippen LogP contribution is -2.43. The summed E-state index contributed by atoms with van der Waals surface area (Å²) in [5.41, 5.74) is -0.149. The van der Waals surface area contributed by atoms with Crippen LogP contribution in [0.3, 0.4) is 0 Å². The minimum atomic E-state index is -3.09. The van der Waals surface area contributed by atoms with Gasteiger partial charge in [-0.25, -0.2) is 12.7 Å². The second kappa shape index (κ2) is 6.08. The lowest BCUT2D eigenvalue weighted by molar-refractivity contribution is -0.0540. The highest BCUT2D eigenvalue weighted by atomic mass is 32.2. The Morgan fingerprint density at radius 2 is 2.21 bits per heavy atom. The van der Waals surface area contributed by atoms with Crippen molar-refractivity contribution in [2.24, 2.45) is 11.3 Å². The highest BCUT2D eigenvalue weighted by Gasteiger charge is 2.37. The molecule has 112 valence electrons. The zero-order valence-corrected chi connectivity index (χ0v) is 12.5. The minimum Gasteiger partial charge on any atom is -0.396 e. The first-order valence-electron chi connectivity index (χ1n) is 7.09. The van der Waals surface area contributed by atoms with Gasteiger partial charge in [0, 0.05) is 25.1 Å². The van der Waals surface area contributed by atoms with E-state index in [-0.39, 0.29) is 12.0 Å². The maximum absolute atomic E-state index is 11.6. The molecule has 6 heteroatoms. The lowest BCUT2D eigenvalue weighted by Gasteiger charge is -2.40. The van der Waals surface area contributed by atoms with E-state index in [0.717, 1.165) is 38.7 Å². The quantitative estimate of drug-likeness (QED) is 0.833. The van der Waals surface area contributed by atoms with Crippen molar-refractivity contribution in [2.45, 2.75) is 32.1 Å². The van der Waals surface area contributed by atoms with Crippen LogP contribution >= 0.6 is 0 Å². The number of hydrogen-bond acceptors (Lipinski definition) is 4. The highest BCUT2D eigenvalue weighted by molar-refractivity contribution is 7.88. The molecule has 2 rings (SSSR count). The molecule has 2 aliphatic rings. The minimum absolute atomic E-state index is 0.141. The van der Waals surface area contributed by atoms with Gasteiger partial charge in [-0.3, -0.25) is 0 Å². The summed E-state index contributed by atoms with van der Waals surface area (Å²) in [5, 5.41) is 9.69. The molecule has 19 heavy (non-hydrogen) atoms. The van der Waals surface area contributed by atoms with E-state index in [2.05, 4.69) is 0 Å². The van der Waals surface area contributed by atoms with Crippen LogP contribution in [-0.2, 0) is 14.8 Å². The van der Waals surface area contributed by atoms with Gasteiger partial charge in [-0.05, 0) is 38.0 Å². The number of sulfonamides is 1. The Bertz CT molecular complexity index is 389. The van der Waals surface area contributed by atoms with E-state index < -0.39 is 10.0 Å². The van der Waals surface area contributed by atoms with Crippen LogP contribution in [0, 0.1) is 11.3 Å². The fraction of sp³-hybridized carbons (Fsp3) is 1.00. The van der Waals surface area contributed by atoms with Crippen molar-refractivity contribution in [2.75, 3.05) is 39.2 Å². The average molecular weight is 291 g/mol. The number of nitrogens with zero attached hydrogens (tertiary/aromatic N) is 1. The van der Waals surface area contributed by atoms with Crippen LogP contribution in [0.4, 0.5) is 0 Å². The molecule has 0 aromatic heterocycles. The molecule has 0 aliphatic carbocycles. The van der Waals surface area contributed by atoms with Gasteiger partial charge in [-0.2, -0.15) is 0 Å². The molecule has 0 aromatic carbocycles. The Hall–Kier alpha value is -0.170. The molecule has 0 aromatic rings. The van der Waals surface area contributed by atoms with E-state index in [1.807, 2.05) is 0 Å². The van der Waals surface area contributed by atoms with Crippen LogP contribution in [0.1, 0.15) is 32.1 Å². The van der Waals surface area contributed by atoms with E-state index in [9.17, 15) is 13.5 Å². The summed E-state index contributed by atoms with van der Waals surface area (Å²) in [4.78, 5) is 0. The first-order chi connectivity index (χ1) is 8.95. The Morgan fingerprint density at radius 3 is 2.79 bits per heavy atom. The number of piperidine rings is 1. The largest absolute Gasteiger partial charge is 0.396 e. The van der Waals surface area contributed by atoms with Gasteiger partial charge in [0.1, 0.15) is 0 Å². The summed E-state index contributed by atoms with van der Waals surface area (Å²) in [7, 11) is -3.09. The number of aliphatic hydroxyl groups excluding tert-OH is 1. The van der Waals surface area contributed by atoms with Crippen molar-refractivity contribution < 1.29 is 18.3 Å². The third kappa shape index (κ3) is 3.90. The van der Waals surface area contributed by atoms with Crippen LogP contribution in [-0.4, -0.2) is 57.0 Å². The fourth-order valence-corrected chi connectivity index (χ4v) is 4.31. The Morgan fingerprint density at radius 1 is 1.42 bits per heavy atom. The topological polar surface area (TPSA) is 66.8 Å². The monoisotopic (exact) mass is 291 g/mol. The lowest BCUT2D eigenvalue weighted by atomic mass is 9.74. The molecule has 5 nitrogen and oxygen atoms in total. The molecule has 2 heterocycles. The number of hydrogen-bond donors (Lipinski definition) is 1. The maximum atomic E-state index is 11.6. The van der Waals surface area contributed by atoms with E-state index in [0.29, 0.717) is 25.6 Å². The predicted molar refractivity (Wildman–Crippen MR) is 73.3 cm³/mol. The second-order valence-corrected chi connectivity index (χ2v) is 8.13. The van der Waals surface area contributed by atoms with Crippen LogP contribution < -0.4 is 0 Å². The van der Waals surface area contributed by atoms with Gasteiger partial charge >= 0.3 is 0 Å². The van der Waals surface area contributed by atoms with Gasteiger partial charge in [0.05, 0.1) is 19.5 Å². The van der Waals surface area contributed by atoms with E-state index in [4.69, 9.17) is 4.74 Å². The fourth-order valence-electron chi connectivity index (χ4n) is 3.37. The summed E-state index contributed by atoms with van der Waals surface area (Å²) in [6.45, 7) is 2.77. The van der Waals surface area contributed by atoms with Gasteiger partial charge in [-0.1, -0.05) is 0 Å². The molecule has 0 amide bonds. The van der Waals surface area contributed by atoms with Gasteiger partial charge in [0.25, 0.3) is 0 Å². The summed E-state index contributed by atoms with van der Waals surface area (Å²) >= 11 is 0. The number of rotatable bonds is 4. The van der Waals surface area contributed by atoms with Gasteiger partial charge in [-0.15, -0.1) is 0 Å². The maximum Gasteiger partial charge on any atom is 0.211 e. The van der Waals surface area contributed by atoms with Crippen molar-refractivity contribution in [3.05, 3.63) is 0 Å². The van der Waals surface area contributed by atoms with E-state index >= 15 is 0 Å². The SMILES string of the molecule is CS(=O)(=O)N1CCCC(CC2(CO)CCCOC2)C1. The number of aliphatic hydroxyl groups is 1. The molecule has 1 N–H and O–H groups in total. The summed E-state index contributed by atoms with van der Waals surface area (Å²) in [6, 6.07) is 0. The first-order valence-corrected chi connectivity index (χ1v) is 8.94. The van der Waals surface area contributed by atoms with Crippen molar-refractivity contribution in [3.63, 3.8) is 0 Å². The molecule has 0 bridgehead atoms. The van der Waals surface area contributed by atoms with Gasteiger partial charge in [0.15, 0.2) is 0 Å². The average Bonchev–Trinajstić information content (AvgIpc) is 2.39. The predicted octanol–water partition coefficient (Wildman–Crippen LogP) is 0.837. The molecule has 2 atom stereocenters. The Kier molecular flexibility index (Phi) is 4.87. The molecule has 2 unspecified atom stereocenters. The molecule has 2 saturated heterocycles. The van der Waals surface area contributed by atoms with Crippen molar-refractivity contribution in [3.8, 4) is 0 Å². The van der Waals surface area contributed by atoms with Crippen LogP contribution in [0.5, 0.6) is 0 Å². The Balaban J connectivity index is 1.97. The standard InChI is InChI=1S/C13H25NO4S/c1-19(16,17)14-6-2-4-12(9-14)8-13(10-15)5-3-7-18-11-13/h12,15H,2-11H2,1H3. The molecule has 0 spiro atoms. The summed E-state index contributed by atoms with van der Waals surface area (Å²) in [5.74, 6) is 0.345. The van der Waals surface area contributed by atoms with Crippen LogP contribution in [0.15, 0.2) is 0 Å². The van der Waals surface area contributed by atoms with Gasteiger partial charge < -0.3 is 9.84 Å². The Labute approximate surface area is 116 Å². The molecular weight excluding hydrogens is 266 g/mol. The van der Waals surface area contributed by atoms with Crippen LogP contribution in [0.25, 0.3) is 0 Å². The zero-order valence-electron chi connectivity index (χ0n) is 11.7. The molecule has 0 radical (unpaired) electrons. The van der Waals surface area contributed by atoms with Crippen molar-refractivity contribution >= 4 is 10.0 Å². The third-order valence-corrected chi connectivity index (χ3v) is 5.68. The zero-order chi connectivity index (χ0) is 13.9. The molecular formula is C13H25NO4S. The van der Waals surface area contributed by atoms with E-state index in [1.54, 1.807) is 4.31 Å². The summed E-state index contributed by atoms with van der Waals surface area (Å²) < 4.78 is 30.3. The second-order valence-electron chi connectivity index (χ2n) is 6.15. The molecule has 2 fully saturated rings. The first kappa shape index (κ1) is 15.2. The summed E-state index contributed by atoms with van der Waals surface area (Å²) in [6.07, 6.45) is 6.09. The molecule has 0 saturated carbocycles. The van der Waals surface area contributed by atoms with E-state index in [1.165, 1.54) is 6.26 Å². The van der Waals surface area contributed by atoms with Crippen molar-refractivity contribution in [1.82, 2.24) is 4.31 Å². The highest BCUT2D eigenvalue weighted by Crippen LogP contribution is 2.37. The normalized spacial score (nSPS) is 34.3.